The first-order chi connectivity index (χ1) is 16.9. The van der Waals surface area contributed by atoms with Gasteiger partial charge in [-0.15, -0.1) is 0 Å². The molecule has 0 aromatic heterocycles. The fourth-order valence-corrected chi connectivity index (χ4v) is 4.26. The van der Waals surface area contributed by atoms with Crippen LogP contribution < -0.4 is 25.2 Å². The number of para-hydroxylation sites is 2. The Morgan fingerprint density at radius 3 is 2.51 bits per heavy atom. The molecule has 1 aliphatic rings. The Hall–Kier alpha value is -3.86. The lowest BCUT2D eigenvalue weighted by molar-refractivity contribution is -0.118. The molecule has 0 aliphatic carbocycles. The van der Waals surface area contributed by atoms with Crippen LogP contribution in [0.25, 0.3) is 6.08 Å². The van der Waals surface area contributed by atoms with E-state index >= 15 is 0 Å². The number of aryl methyl sites for hydroxylation is 1. The van der Waals surface area contributed by atoms with Gasteiger partial charge in [0.2, 0.25) is 0 Å². The Morgan fingerprint density at radius 2 is 1.80 bits per heavy atom. The minimum absolute atomic E-state index is 0.00187. The van der Waals surface area contributed by atoms with Crippen LogP contribution >= 0.6 is 22.6 Å². The molecular weight excluding hydrogens is 561 g/mol. The maximum absolute atomic E-state index is 12.9. The summed E-state index contributed by atoms with van der Waals surface area (Å²) in [6.07, 6.45) is 1.50. The molecular formula is C26H22IN3O5. The number of anilines is 2. The molecule has 0 bridgehead atoms. The third-order valence-electron chi connectivity index (χ3n) is 5.24. The van der Waals surface area contributed by atoms with Gasteiger partial charge in [0.05, 0.1) is 16.4 Å². The highest BCUT2D eigenvalue weighted by molar-refractivity contribution is 14.1. The van der Waals surface area contributed by atoms with Gasteiger partial charge in [0.15, 0.2) is 18.1 Å². The number of amides is 3. The van der Waals surface area contributed by atoms with Gasteiger partial charge < -0.3 is 14.8 Å². The normalized spacial score (nSPS) is 14.1. The Morgan fingerprint density at radius 1 is 1.09 bits per heavy atom. The van der Waals surface area contributed by atoms with Gasteiger partial charge in [-0.1, -0.05) is 36.4 Å². The van der Waals surface area contributed by atoms with Crippen LogP contribution in [0, 0.1) is 10.5 Å². The topological polar surface area (TPSA) is 97.0 Å². The molecule has 3 aromatic carbocycles. The van der Waals surface area contributed by atoms with Crippen molar-refractivity contribution < 1.29 is 23.9 Å². The van der Waals surface area contributed by atoms with Crippen LogP contribution in [-0.2, 0) is 14.4 Å². The van der Waals surface area contributed by atoms with Gasteiger partial charge >= 0.3 is 0 Å². The molecule has 0 unspecified atom stereocenters. The smallest absolute Gasteiger partial charge is 0.282 e. The number of carbonyl (C=O) groups is 3. The number of rotatable bonds is 7. The van der Waals surface area contributed by atoms with E-state index in [1.807, 2.05) is 37.3 Å². The lowest BCUT2D eigenvalue weighted by atomic mass is 10.1. The van der Waals surface area contributed by atoms with Gasteiger partial charge in [-0.2, -0.15) is 0 Å². The summed E-state index contributed by atoms with van der Waals surface area (Å²) in [5, 5.41) is 4.03. The number of ether oxygens (including phenoxy) is 2. The van der Waals surface area contributed by atoms with Crippen LogP contribution in [-0.4, -0.2) is 31.4 Å². The van der Waals surface area contributed by atoms with Crippen molar-refractivity contribution in [1.29, 1.82) is 0 Å². The molecule has 1 fully saturated rings. The number of hydrazine groups is 1. The number of hydrogen-bond acceptors (Lipinski definition) is 5. The quantitative estimate of drug-likeness (QED) is 0.248. The maximum Gasteiger partial charge on any atom is 0.282 e. The second-order valence-electron chi connectivity index (χ2n) is 7.66. The van der Waals surface area contributed by atoms with E-state index in [2.05, 4.69) is 33.3 Å². The van der Waals surface area contributed by atoms with Crippen LogP contribution in [0.4, 0.5) is 11.4 Å². The van der Waals surface area contributed by atoms with E-state index in [4.69, 9.17) is 9.47 Å². The van der Waals surface area contributed by atoms with Gasteiger partial charge in [0, 0.05) is 5.69 Å². The van der Waals surface area contributed by atoms with Gasteiger partial charge in [-0.05, 0) is 77.0 Å². The summed E-state index contributed by atoms with van der Waals surface area (Å²) in [6, 6.07) is 19.7. The summed E-state index contributed by atoms with van der Waals surface area (Å²) in [5.74, 6) is -0.497. The highest BCUT2D eigenvalue weighted by Crippen LogP contribution is 2.35. The van der Waals surface area contributed by atoms with Crippen LogP contribution in [0.3, 0.4) is 0 Å². The molecule has 3 aromatic rings. The van der Waals surface area contributed by atoms with Crippen molar-refractivity contribution >= 4 is 57.8 Å². The molecule has 3 amide bonds. The van der Waals surface area contributed by atoms with Crippen molar-refractivity contribution in [3.63, 3.8) is 0 Å². The number of carbonyl (C=O) groups excluding carboxylic acids is 3. The highest BCUT2D eigenvalue weighted by Gasteiger charge is 2.34. The molecule has 0 radical (unpaired) electrons. The van der Waals surface area contributed by atoms with Crippen molar-refractivity contribution in [2.24, 2.45) is 0 Å². The van der Waals surface area contributed by atoms with Crippen molar-refractivity contribution in [3.05, 3.63) is 87.0 Å². The number of benzene rings is 3. The zero-order valence-electron chi connectivity index (χ0n) is 19.0. The summed E-state index contributed by atoms with van der Waals surface area (Å²) in [6.45, 7) is 1.69. The fourth-order valence-electron chi connectivity index (χ4n) is 3.48. The average molecular weight is 583 g/mol. The zero-order chi connectivity index (χ0) is 24.9. The minimum atomic E-state index is -0.499. The number of hydrogen-bond donors (Lipinski definition) is 2. The number of nitrogens with one attached hydrogen (secondary N) is 2. The summed E-state index contributed by atoms with van der Waals surface area (Å²) in [7, 11) is 1.48. The first-order valence-electron chi connectivity index (χ1n) is 10.7. The predicted molar refractivity (Wildman–Crippen MR) is 141 cm³/mol. The van der Waals surface area contributed by atoms with Crippen molar-refractivity contribution in [1.82, 2.24) is 5.43 Å². The SMILES string of the molecule is COc1cc(/C=C2/C(=O)NN(c3ccccc3)C2=O)cc(I)c1OCC(=O)Nc1ccccc1C. The third-order valence-corrected chi connectivity index (χ3v) is 6.04. The predicted octanol–water partition coefficient (Wildman–Crippen LogP) is 4.09. The van der Waals surface area contributed by atoms with Crippen molar-refractivity contribution in [3.8, 4) is 11.5 Å². The van der Waals surface area contributed by atoms with E-state index in [-0.39, 0.29) is 18.1 Å². The molecule has 178 valence electrons. The first-order valence-corrected chi connectivity index (χ1v) is 11.7. The molecule has 4 rings (SSSR count). The summed E-state index contributed by atoms with van der Waals surface area (Å²) < 4.78 is 11.9. The Bertz CT molecular complexity index is 1320. The fraction of sp³-hybridized carbons (Fsp3) is 0.115. The molecule has 0 atom stereocenters. The first kappa shape index (κ1) is 24.3. The molecule has 1 heterocycles. The van der Waals surface area contributed by atoms with E-state index in [9.17, 15) is 14.4 Å². The monoisotopic (exact) mass is 583 g/mol. The van der Waals surface area contributed by atoms with Gasteiger partial charge in [-0.25, -0.2) is 5.01 Å². The van der Waals surface area contributed by atoms with Crippen molar-refractivity contribution in [2.45, 2.75) is 6.92 Å². The zero-order valence-corrected chi connectivity index (χ0v) is 21.2. The molecule has 8 nitrogen and oxygen atoms in total. The average Bonchev–Trinajstić information content (AvgIpc) is 3.13. The largest absolute Gasteiger partial charge is 0.493 e. The van der Waals surface area contributed by atoms with Crippen molar-refractivity contribution in [2.75, 3.05) is 24.0 Å². The van der Waals surface area contributed by atoms with Crippen LogP contribution in [0.15, 0.2) is 72.3 Å². The van der Waals surface area contributed by atoms with E-state index in [0.29, 0.717) is 32.0 Å². The van der Waals surface area contributed by atoms with Crippen LogP contribution in [0.2, 0.25) is 0 Å². The van der Waals surface area contributed by atoms with E-state index < -0.39 is 11.8 Å². The number of halogens is 1. The molecule has 1 saturated heterocycles. The molecule has 0 saturated carbocycles. The molecule has 35 heavy (non-hydrogen) atoms. The third kappa shape index (κ3) is 5.46. The number of methoxy groups -OCH3 is 1. The summed E-state index contributed by atoms with van der Waals surface area (Å²) in [4.78, 5) is 37.7. The molecule has 0 spiro atoms. The van der Waals surface area contributed by atoms with E-state index in [0.717, 1.165) is 5.56 Å². The lowest BCUT2D eigenvalue weighted by Gasteiger charge is -2.14. The van der Waals surface area contributed by atoms with E-state index in [1.54, 1.807) is 36.4 Å². The standard InChI is InChI=1S/C26H22IN3O5/c1-16-8-6-7-11-21(16)28-23(31)15-35-24-20(27)13-17(14-22(24)34-2)12-19-25(32)29-30(26(19)33)18-9-4-3-5-10-18/h3-14H,15H2,1-2H3,(H,28,31)(H,29,32)/b19-12-. The van der Waals surface area contributed by atoms with Gasteiger partial charge in [0.1, 0.15) is 5.57 Å². The van der Waals surface area contributed by atoms with Crippen LogP contribution in [0.1, 0.15) is 11.1 Å². The summed E-state index contributed by atoms with van der Waals surface area (Å²) >= 11 is 2.06. The highest BCUT2D eigenvalue weighted by atomic mass is 127. The minimum Gasteiger partial charge on any atom is -0.493 e. The summed E-state index contributed by atoms with van der Waals surface area (Å²) in [5.41, 5.74) is 5.38. The second kappa shape index (κ2) is 10.6. The van der Waals surface area contributed by atoms with Gasteiger partial charge in [-0.3, -0.25) is 19.8 Å². The van der Waals surface area contributed by atoms with E-state index in [1.165, 1.54) is 18.2 Å². The Labute approximate surface area is 216 Å². The molecule has 1 aliphatic heterocycles. The number of nitrogens with zero attached hydrogens (tertiary/aromatic N) is 1. The molecule has 2 N–H and O–H groups in total. The Balaban J connectivity index is 1.51. The van der Waals surface area contributed by atoms with Gasteiger partial charge in [0.25, 0.3) is 17.7 Å². The Kier molecular flexibility index (Phi) is 7.35. The maximum atomic E-state index is 12.9. The molecule has 9 heteroatoms. The van der Waals surface area contributed by atoms with Crippen LogP contribution in [0.5, 0.6) is 11.5 Å². The lowest BCUT2D eigenvalue weighted by Crippen LogP contribution is -2.35. The second-order valence-corrected chi connectivity index (χ2v) is 8.82.